The number of nitrogens with one attached hydrogen (secondary N) is 2. The number of halogens is 1. The molecule has 0 fully saturated rings. The second-order valence-corrected chi connectivity index (χ2v) is 7.76. The number of hydrogen-bond donors (Lipinski definition) is 2. The van der Waals surface area contributed by atoms with Gasteiger partial charge in [0.15, 0.2) is 0 Å². The van der Waals surface area contributed by atoms with Crippen molar-refractivity contribution in [2.45, 2.75) is 13.8 Å². The van der Waals surface area contributed by atoms with Gasteiger partial charge in [-0.3, -0.25) is 19.7 Å². The summed E-state index contributed by atoms with van der Waals surface area (Å²) in [5, 5.41) is 7.03. The molecular weight excluding hydrogens is 407 g/mol. The number of hydrogen-bond acceptors (Lipinski definition) is 3. The van der Waals surface area contributed by atoms with Crippen LogP contribution >= 0.6 is 0 Å². The number of carbonyl (C=O) groups is 1. The summed E-state index contributed by atoms with van der Waals surface area (Å²) >= 11 is 0. The molecule has 5 aromatic rings. The van der Waals surface area contributed by atoms with E-state index in [0.717, 1.165) is 11.1 Å². The van der Waals surface area contributed by atoms with Gasteiger partial charge < -0.3 is 5.32 Å². The summed E-state index contributed by atoms with van der Waals surface area (Å²) in [6.45, 7) is 4.01. The molecule has 0 bridgehead atoms. The Balaban J connectivity index is 1.59. The first-order valence-corrected chi connectivity index (χ1v) is 10.1. The van der Waals surface area contributed by atoms with E-state index in [9.17, 15) is 14.0 Å². The second kappa shape index (κ2) is 7.46. The Bertz CT molecular complexity index is 1570. The lowest BCUT2D eigenvalue weighted by molar-refractivity contribution is 0.102. The number of rotatable bonds is 3. The van der Waals surface area contributed by atoms with Crippen molar-refractivity contribution < 1.29 is 9.18 Å². The maximum Gasteiger partial charge on any atom is 0.280 e. The van der Waals surface area contributed by atoms with Crippen molar-refractivity contribution in [2.24, 2.45) is 0 Å². The van der Waals surface area contributed by atoms with Crippen LogP contribution in [0.1, 0.15) is 21.5 Å². The van der Waals surface area contributed by atoms with Crippen LogP contribution in [0.25, 0.3) is 27.5 Å². The monoisotopic (exact) mass is 426 g/mol. The van der Waals surface area contributed by atoms with E-state index in [1.54, 1.807) is 18.2 Å². The van der Waals surface area contributed by atoms with E-state index in [2.05, 4.69) is 15.4 Å². The molecule has 0 aliphatic carbocycles. The molecular formula is C25H19FN4O2. The number of nitrogens with zero attached hydrogens (tertiary/aromatic N) is 2. The maximum absolute atomic E-state index is 13.3. The van der Waals surface area contributed by atoms with E-state index in [-0.39, 0.29) is 17.3 Å². The normalized spacial score (nSPS) is 11.2. The number of carbonyl (C=O) groups excluding carboxylic acids is 1. The summed E-state index contributed by atoms with van der Waals surface area (Å²) in [6, 6.07) is 16.5. The van der Waals surface area contributed by atoms with Crippen molar-refractivity contribution in [1.82, 2.24) is 14.8 Å². The lowest BCUT2D eigenvalue weighted by atomic mass is 10.1. The number of benzene rings is 3. The quantitative estimate of drug-likeness (QED) is 0.432. The maximum atomic E-state index is 13.3. The summed E-state index contributed by atoms with van der Waals surface area (Å²) in [4.78, 5) is 30.1. The fourth-order valence-electron chi connectivity index (χ4n) is 3.69. The number of aromatic nitrogens is 3. The van der Waals surface area contributed by atoms with Gasteiger partial charge in [0.1, 0.15) is 5.82 Å². The van der Waals surface area contributed by atoms with Gasteiger partial charge in [-0.25, -0.2) is 9.07 Å². The Morgan fingerprint density at radius 1 is 0.969 bits per heavy atom. The van der Waals surface area contributed by atoms with Gasteiger partial charge in [-0.1, -0.05) is 6.07 Å². The molecule has 0 aliphatic rings. The van der Waals surface area contributed by atoms with Crippen LogP contribution < -0.4 is 10.9 Å². The largest absolute Gasteiger partial charge is 0.322 e. The van der Waals surface area contributed by atoms with Crippen LogP contribution in [0.3, 0.4) is 0 Å². The molecule has 1 amide bonds. The fourth-order valence-corrected chi connectivity index (χ4v) is 3.69. The van der Waals surface area contributed by atoms with Gasteiger partial charge in [0.2, 0.25) is 0 Å². The zero-order valence-corrected chi connectivity index (χ0v) is 17.4. The van der Waals surface area contributed by atoms with E-state index in [4.69, 9.17) is 0 Å². The summed E-state index contributed by atoms with van der Waals surface area (Å²) in [7, 11) is 0. The molecule has 7 heteroatoms. The molecule has 0 spiro atoms. The first-order valence-electron chi connectivity index (χ1n) is 10.1. The minimum atomic E-state index is -0.385. The average molecular weight is 426 g/mol. The lowest BCUT2D eigenvalue weighted by Gasteiger charge is -2.08. The first kappa shape index (κ1) is 19.7. The van der Waals surface area contributed by atoms with Crippen LogP contribution in [0, 0.1) is 19.7 Å². The standard InChI is InChI=1S/C25H19FN4O2/c1-14-3-7-18(11-15(14)2)28-24(31)16-4-10-22-20(12-16)23-21(13-27-22)25(32)30(29-23)19-8-5-17(26)6-9-19/h3-13,29H,1-2H3,(H,28,31). The molecule has 3 aromatic carbocycles. The third-order valence-electron chi connectivity index (χ3n) is 5.64. The van der Waals surface area contributed by atoms with Crippen molar-refractivity contribution in [3.8, 4) is 5.69 Å². The van der Waals surface area contributed by atoms with Crippen LogP contribution in [0.4, 0.5) is 10.1 Å². The fraction of sp³-hybridized carbons (Fsp3) is 0.0800. The van der Waals surface area contributed by atoms with Gasteiger partial charge in [0, 0.05) is 22.8 Å². The highest BCUT2D eigenvalue weighted by Crippen LogP contribution is 2.23. The van der Waals surface area contributed by atoms with Gasteiger partial charge in [-0.05, 0) is 79.6 Å². The molecule has 0 unspecified atom stereocenters. The van der Waals surface area contributed by atoms with Gasteiger partial charge in [-0.15, -0.1) is 0 Å². The Labute approximate surface area is 182 Å². The van der Waals surface area contributed by atoms with E-state index in [0.29, 0.717) is 38.7 Å². The molecule has 32 heavy (non-hydrogen) atoms. The highest BCUT2D eigenvalue weighted by molar-refractivity contribution is 6.10. The van der Waals surface area contributed by atoms with Crippen LogP contribution in [-0.2, 0) is 0 Å². The molecule has 2 N–H and O–H groups in total. The van der Waals surface area contributed by atoms with Gasteiger partial charge in [0.05, 0.1) is 22.1 Å². The molecule has 6 nitrogen and oxygen atoms in total. The highest BCUT2D eigenvalue weighted by atomic mass is 19.1. The molecule has 0 atom stereocenters. The average Bonchev–Trinajstić information content (AvgIpc) is 3.13. The number of fused-ring (bicyclic) bond motifs is 3. The third-order valence-corrected chi connectivity index (χ3v) is 5.64. The van der Waals surface area contributed by atoms with Gasteiger partial charge in [-0.2, -0.15) is 0 Å². The summed E-state index contributed by atoms with van der Waals surface area (Å²) in [6.07, 6.45) is 1.51. The lowest BCUT2D eigenvalue weighted by Crippen LogP contribution is -2.14. The zero-order valence-electron chi connectivity index (χ0n) is 17.4. The molecule has 0 radical (unpaired) electrons. The predicted octanol–water partition coefficient (Wildman–Crippen LogP) is 4.88. The van der Waals surface area contributed by atoms with Crippen molar-refractivity contribution in [2.75, 3.05) is 5.32 Å². The smallest absolute Gasteiger partial charge is 0.280 e. The minimum absolute atomic E-state index is 0.257. The number of H-pyrrole nitrogens is 1. The molecule has 5 rings (SSSR count). The van der Waals surface area contributed by atoms with Gasteiger partial charge >= 0.3 is 0 Å². The van der Waals surface area contributed by atoms with E-state index in [1.165, 1.54) is 35.1 Å². The Morgan fingerprint density at radius 2 is 1.75 bits per heavy atom. The third kappa shape index (κ3) is 3.33. The molecule has 158 valence electrons. The molecule has 2 aromatic heterocycles. The number of amides is 1. The molecule has 2 heterocycles. The van der Waals surface area contributed by atoms with E-state index < -0.39 is 0 Å². The Hall–Kier alpha value is -4.26. The summed E-state index contributed by atoms with van der Waals surface area (Å²) in [5.74, 6) is -0.642. The summed E-state index contributed by atoms with van der Waals surface area (Å²) < 4.78 is 14.6. The first-order chi connectivity index (χ1) is 15.4. The highest BCUT2D eigenvalue weighted by Gasteiger charge is 2.14. The van der Waals surface area contributed by atoms with Crippen molar-refractivity contribution in [3.63, 3.8) is 0 Å². The summed E-state index contributed by atoms with van der Waals surface area (Å²) in [5.41, 5.74) is 4.81. The second-order valence-electron chi connectivity index (χ2n) is 7.76. The topological polar surface area (TPSA) is 79.8 Å². The molecule has 0 aliphatic heterocycles. The Kier molecular flexibility index (Phi) is 4.59. The SMILES string of the molecule is Cc1ccc(NC(=O)c2ccc3ncc4c(=O)n(-c5ccc(F)cc5)[nH]c4c3c2)cc1C. The van der Waals surface area contributed by atoms with Crippen molar-refractivity contribution in [1.29, 1.82) is 0 Å². The van der Waals surface area contributed by atoms with Gasteiger partial charge in [0.25, 0.3) is 11.5 Å². The van der Waals surface area contributed by atoms with Crippen molar-refractivity contribution in [3.05, 3.63) is 99.7 Å². The number of aromatic amines is 1. The van der Waals surface area contributed by atoms with Crippen LogP contribution in [0.2, 0.25) is 0 Å². The molecule has 0 saturated heterocycles. The number of anilines is 1. The van der Waals surface area contributed by atoms with Crippen LogP contribution in [0.5, 0.6) is 0 Å². The minimum Gasteiger partial charge on any atom is -0.322 e. The van der Waals surface area contributed by atoms with Crippen molar-refractivity contribution >= 4 is 33.4 Å². The number of aryl methyl sites for hydroxylation is 2. The molecule has 0 saturated carbocycles. The van der Waals surface area contributed by atoms with E-state index >= 15 is 0 Å². The predicted molar refractivity (Wildman–Crippen MR) is 123 cm³/mol. The van der Waals surface area contributed by atoms with Crippen LogP contribution in [0.15, 0.2) is 71.7 Å². The Morgan fingerprint density at radius 3 is 2.50 bits per heavy atom. The number of pyridine rings is 1. The van der Waals surface area contributed by atoms with Crippen LogP contribution in [-0.4, -0.2) is 20.7 Å². The zero-order chi connectivity index (χ0) is 22.4. The van der Waals surface area contributed by atoms with E-state index in [1.807, 2.05) is 32.0 Å².